The average molecular weight is 733 g/mol. The topological polar surface area (TPSA) is 68.0 Å². The van der Waals surface area contributed by atoms with Gasteiger partial charge in [-0.15, -0.1) is 0 Å². The van der Waals surface area contributed by atoms with Crippen molar-refractivity contribution in [2.75, 3.05) is 0 Å². The van der Waals surface area contributed by atoms with E-state index in [-0.39, 0.29) is 6.17 Å². The summed E-state index contributed by atoms with van der Waals surface area (Å²) >= 11 is 0. The smallest absolute Gasteiger partial charge is 0.159 e. The summed E-state index contributed by atoms with van der Waals surface area (Å²) in [5.41, 5.74) is 11.9. The van der Waals surface area contributed by atoms with Gasteiger partial charge < -0.3 is 18.7 Å². The lowest BCUT2D eigenvalue weighted by atomic mass is 10.0. The lowest BCUT2D eigenvalue weighted by Gasteiger charge is -2.23. The van der Waals surface area contributed by atoms with Crippen LogP contribution in [0.1, 0.15) is 22.9 Å². The van der Waals surface area contributed by atoms with E-state index in [0.717, 1.165) is 83.2 Å². The highest BCUT2D eigenvalue weighted by Gasteiger charge is 2.22. The summed E-state index contributed by atoms with van der Waals surface area (Å²) in [6.45, 7) is 0. The van der Waals surface area contributed by atoms with Crippen molar-refractivity contribution in [3.05, 3.63) is 199 Å². The van der Waals surface area contributed by atoms with Crippen LogP contribution in [-0.2, 0) is 0 Å². The second-order valence-electron chi connectivity index (χ2n) is 14.6. The van der Waals surface area contributed by atoms with Crippen molar-refractivity contribution < 1.29 is 8.83 Å². The van der Waals surface area contributed by atoms with Gasteiger partial charge in [-0.05, 0) is 83.4 Å². The van der Waals surface area contributed by atoms with E-state index < -0.39 is 0 Å². The fraction of sp³-hybridized carbons (Fsp3) is 0.0196. The number of furan rings is 2. The van der Waals surface area contributed by atoms with Gasteiger partial charge >= 0.3 is 0 Å². The molecule has 8 aromatic carbocycles. The number of hydrogen-bond donors (Lipinski definition) is 1. The molecule has 11 aromatic rings. The molecule has 0 aliphatic carbocycles. The number of fused-ring (bicyclic) bond motifs is 9. The highest BCUT2D eigenvalue weighted by Crippen LogP contribution is 2.40. The van der Waals surface area contributed by atoms with E-state index in [0.29, 0.717) is 5.84 Å². The van der Waals surface area contributed by atoms with Gasteiger partial charge in [-0.3, -0.25) is 0 Å². The van der Waals surface area contributed by atoms with Gasteiger partial charge in [-0.25, -0.2) is 9.98 Å². The molecular weight excluding hydrogens is 701 g/mol. The second kappa shape index (κ2) is 12.4. The quantitative estimate of drug-likeness (QED) is 0.192. The molecule has 1 aliphatic heterocycles. The Morgan fingerprint density at radius 1 is 0.439 bits per heavy atom. The number of benzene rings is 8. The Hall–Kier alpha value is -7.70. The third kappa shape index (κ3) is 5.04. The van der Waals surface area contributed by atoms with Crippen LogP contribution < -0.4 is 5.32 Å². The summed E-state index contributed by atoms with van der Waals surface area (Å²) < 4.78 is 15.4. The summed E-state index contributed by atoms with van der Waals surface area (Å²) in [5.74, 6) is 1.47. The van der Waals surface area contributed by atoms with Crippen LogP contribution in [0.15, 0.2) is 201 Å². The van der Waals surface area contributed by atoms with Crippen LogP contribution in [0.5, 0.6) is 0 Å². The van der Waals surface area contributed by atoms with Crippen molar-refractivity contribution in [1.29, 1.82) is 0 Å². The monoisotopic (exact) mass is 732 g/mol. The van der Waals surface area contributed by atoms with Crippen molar-refractivity contribution in [1.82, 2.24) is 9.88 Å². The lowest BCUT2D eigenvalue weighted by Crippen LogP contribution is -2.33. The number of nitrogens with one attached hydrogen (secondary N) is 1. The molecule has 0 saturated heterocycles. The summed E-state index contributed by atoms with van der Waals surface area (Å²) in [5, 5.41) is 10.3. The molecule has 6 heteroatoms. The van der Waals surface area contributed by atoms with Gasteiger partial charge in [0.25, 0.3) is 0 Å². The summed E-state index contributed by atoms with van der Waals surface area (Å²) in [6, 6.07) is 63.2. The SMILES string of the molecule is c1ccc(C2=NC(c3ccc4oc5cc(-c6ccc7c(c6)oc6cccc(-n8c9ccccc9c9ccccc98)c67)ccc5c4c3)=NC(c3ccccc3)N2)cc1. The van der Waals surface area contributed by atoms with Crippen molar-refractivity contribution in [2.24, 2.45) is 9.98 Å². The fourth-order valence-corrected chi connectivity index (χ4v) is 8.58. The van der Waals surface area contributed by atoms with Crippen molar-refractivity contribution >= 4 is 77.4 Å². The predicted molar refractivity (Wildman–Crippen MR) is 233 cm³/mol. The minimum Gasteiger partial charge on any atom is -0.456 e. The number of para-hydroxylation sites is 2. The van der Waals surface area contributed by atoms with E-state index in [1.807, 2.05) is 48.5 Å². The van der Waals surface area contributed by atoms with Gasteiger partial charge in [-0.1, -0.05) is 115 Å². The molecule has 1 aliphatic rings. The first-order valence-electron chi connectivity index (χ1n) is 19.2. The zero-order valence-electron chi connectivity index (χ0n) is 30.6. The zero-order chi connectivity index (χ0) is 37.5. The lowest BCUT2D eigenvalue weighted by molar-refractivity contribution is 0.668. The molecule has 0 bridgehead atoms. The molecular formula is C51H32N4O2. The first-order valence-corrected chi connectivity index (χ1v) is 19.2. The van der Waals surface area contributed by atoms with Gasteiger partial charge in [0, 0.05) is 38.1 Å². The maximum Gasteiger partial charge on any atom is 0.159 e. The number of aliphatic imine (C=N–C) groups is 2. The van der Waals surface area contributed by atoms with Gasteiger partial charge in [0.1, 0.15) is 34.3 Å². The molecule has 1 unspecified atom stereocenters. The van der Waals surface area contributed by atoms with Crippen LogP contribution in [0.4, 0.5) is 0 Å². The Kier molecular flexibility index (Phi) is 6.89. The molecule has 0 saturated carbocycles. The van der Waals surface area contributed by atoms with Crippen LogP contribution in [0.3, 0.4) is 0 Å². The Morgan fingerprint density at radius 2 is 1.07 bits per heavy atom. The molecule has 1 N–H and O–H groups in total. The predicted octanol–water partition coefficient (Wildman–Crippen LogP) is 12.7. The standard InChI is InChI=1S/C51H32N4O2/c1-3-12-31(13-4-1)49-52-50(32-14-5-2-6-15-32)54-51(53-49)35-24-27-44-40(28-35)38-25-22-33(29-46(38)56-44)34-23-26-39-47(30-34)57-45-21-11-20-43(48(39)45)55-41-18-9-7-16-36(41)37-17-8-10-19-42(37)55/h1-30,49H,(H,52,53,54). The molecule has 4 heterocycles. The molecule has 0 spiro atoms. The molecule has 0 amide bonds. The summed E-state index contributed by atoms with van der Waals surface area (Å²) in [6.07, 6.45) is -0.266. The van der Waals surface area contributed by atoms with E-state index in [9.17, 15) is 0 Å². The number of nitrogens with zero attached hydrogens (tertiary/aromatic N) is 3. The maximum absolute atomic E-state index is 6.59. The zero-order valence-corrected chi connectivity index (χ0v) is 30.6. The van der Waals surface area contributed by atoms with Gasteiger partial charge in [0.15, 0.2) is 5.84 Å². The highest BCUT2D eigenvalue weighted by molar-refractivity contribution is 6.17. The third-order valence-corrected chi connectivity index (χ3v) is 11.3. The number of amidine groups is 2. The molecule has 0 radical (unpaired) electrons. The van der Waals surface area contributed by atoms with E-state index in [2.05, 4.69) is 143 Å². The van der Waals surface area contributed by atoms with E-state index in [1.54, 1.807) is 0 Å². The minimum atomic E-state index is -0.266. The van der Waals surface area contributed by atoms with Crippen molar-refractivity contribution in [3.63, 3.8) is 0 Å². The van der Waals surface area contributed by atoms with Crippen LogP contribution in [0, 0.1) is 0 Å². The number of hydrogen-bond acceptors (Lipinski definition) is 5. The largest absolute Gasteiger partial charge is 0.456 e. The van der Waals surface area contributed by atoms with Gasteiger partial charge in [0.05, 0.1) is 22.1 Å². The molecule has 3 aromatic heterocycles. The van der Waals surface area contributed by atoms with Crippen LogP contribution in [-0.4, -0.2) is 16.2 Å². The van der Waals surface area contributed by atoms with Crippen LogP contribution in [0.25, 0.3) is 82.5 Å². The normalized spacial score (nSPS) is 14.5. The van der Waals surface area contributed by atoms with Crippen LogP contribution in [0.2, 0.25) is 0 Å². The Morgan fingerprint density at radius 3 is 1.82 bits per heavy atom. The van der Waals surface area contributed by atoms with Crippen molar-refractivity contribution in [2.45, 2.75) is 6.17 Å². The number of aromatic nitrogens is 1. The average Bonchev–Trinajstić information content (AvgIpc) is 3.95. The van der Waals surface area contributed by atoms with E-state index >= 15 is 0 Å². The third-order valence-electron chi connectivity index (χ3n) is 11.3. The van der Waals surface area contributed by atoms with Gasteiger partial charge in [-0.2, -0.15) is 0 Å². The summed E-state index contributed by atoms with van der Waals surface area (Å²) in [4.78, 5) is 10.1. The maximum atomic E-state index is 6.59. The first-order chi connectivity index (χ1) is 28.2. The second-order valence-corrected chi connectivity index (χ2v) is 14.6. The summed E-state index contributed by atoms with van der Waals surface area (Å²) in [7, 11) is 0. The molecule has 1 atom stereocenters. The minimum absolute atomic E-state index is 0.266. The fourth-order valence-electron chi connectivity index (χ4n) is 8.58. The van der Waals surface area contributed by atoms with E-state index in [1.165, 1.54) is 21.8 Å². The van der Waals surface area contributed by atoms with Crippen molar-refractivity contribution in [3.8, 4) is 16.8 Å². The molecule has 57 heavy (non-hydrogen) atoms. The molecule has 12 rings (SSSR count). The molecule has 0 fully saturated rings. The Balaban J connectivity index is 0.936. The first kappa shape index (κ1) is 31.6. The van der Waals surface area contributed by atoms with Crippen LogP contribution >= 0.6 is 0 Å². The Labute approximate surface area is 326 Å². The molecule has 268 valence electrons. The van der Waals surface area contributed by atoms with Gasteiger partial charge in [0.2, 0.25) is 0 Å². The van der Waals surface area contributed by atoms with E-state index in [4.69, 9.17) is 18.8 Å². The molecule has 6 nitrogen and oxygen atoms in total. The Bertz CT molecular complexity index is 3390. The number of rotatable bonds is 5. The highest BCUT2D eigenvalue weighted by atomic mass is 16.3.